The number of hydrogen-bond donors (Lipinski definition) is 1. The van der Waals surface area contributed by atoms with Crippen LogP contribution in [0.2, 0.25) is 0 Å². The summed E-state index contributed by atoms with van der Waals surface area (Å²) < 4.78 is 12.2. The third-order valence-corrected chi connectivity index (χ3v) is 5.37. The van der Waals surface area contributed by atoms with Crippen LogP contribution in [0.4, 0.5) is 0 Å². The molecule has 1 saturated heterocycles. The Kier molecular flexibility index (Phi) is 7.57. The third kappa shape index (κ3) is 6.13. The second-order valence-electron chi connectivity index (χ2n) is 7.06. The van der Waals surface area contributed by atoms with Crippen molar-refractivity contribution >= 4 is 27.7 Å². The number of phenols is 1. The predicted octanol–water partition coefficient (Wildman–Crippen LogP) is 2.98. The summed E-state index contributed by atoms with van der Waals surface area (Å²) in [7, 11) is 0. The Bertz CT molecular complexity index is 897. The van der Waals surface area contributed by atoms with E-state index < -0.39 is 0 Å². The Morgan fingerprint density at radius 2 is 1.70 bits per heavy atom. The number of nitrogens with zero attached hydrogens (tertiary/aromatic N) is 2. The summed E-state index contributed by atoms with van der Waals surface area (Å²) in [5, 5.41) is 9.44. The lowest BCUT2D eigenvalue weighted by atomic mass is 10.2. The predicted molar refractivity (Wildman–Crippen MR) is 116 cm³/mol. The van der Waals surface area contributed by atoms with E-state index in [4.69, 9.17) is 9.47 Å². The van der Waals surface area contributed by atoms with Gasteiger partial charge >= 0.3 is 0 Å². The minimum Gasteiger partial charge on any atom is -0.508 e. The van der Waals surface area contributed by atoms with E-state index in [9.17, 15) is 14.7 Å². The molecule has 1 N–H and O–H groups in total. The molecule has 3 rings (SSSR count). The largest absolute Gasteiger partial charge is 0.508 e. The van der Waals surface area contributed by atoms with Gasteiger partial charge in [-0.2, -0.15) is 0 Å². The first-order valence-electron chi connectivity index (χ1n) is 9.79. The zero-order valence-electron chi connectivity index (χ0n) is 16.8. The van der Waals surface area contributed by atoms with Crippen LogP contribution in [0.1, 0.15) is 12.0 Å². The van der Waals surface area contributed by atoms with Crippen molar-refractivity contribution in [3.05, 3.63) is 52.5 Å². The first-order chi connectivity index (χ1) is 14.4. The Morgan fingerprint density at radius 3 is 2.37 bits per heavy atom. The smallest absolute Gasteiger partial charge is 0.260 e. The van der Waals surface area contributed by atoms with Crippen LogP contribution in [0.15, 0.2) is 46.9 Å². The zero-order valence-corrected chi connectivity index (χ0v) is 18.4. The number of amides is 2. The highest BCUT2D eigenvalue weighted by molar-refractivity contribution is 9.10. The van der Waals surface area contributed by atoms with E-state index in [1.54, 1.807) is 21.9 Å². The van der Waals surface area contributed by atoms with Gasteiger partial charge in [0, 0.05) is 36.7 Å². The van der Waals surface area contributed by atoms with Crippen molar-refractivity contribution in [3.63, 3.8) is 0 Å². The lowest BCUT2D eigenvalue weighted by Crippen LogP contribution is -2.51. The molecule has 1 aliphatic rings. The van der Waals surface area contributed by atoms with Crippen LogP contribution in [0.5, 0.6) is 17.2 Å². The maximum Gasteiger partial charge on any atom is 0.260 e. The fourth-order valence-corrected chi connectivity index (χ4v) is 3.67. The van der Waals surface area contributed by atoms with Gasteiger partial charge in [0.05, 0.1) is 13.0 Å². The second kappa shape index (κ2) is 10.3. The molecule has 0 radical (unpaired) electrons. The first-order valence-corrected chi connectivity index (χ1v) is 10.6. The number of phenolic OH excluding ortho intramolecular Hbond substituents is 1. The topological polar surface area (TPSA) is 79.3 Å². The van der Waals surface area contributed by atoms with E-state index in [2.05, 4.69) is 15.9 Å². The average Bonchev–Trinajstić information content (AvgIpc) is 2.73. The summed E-state index contributed by atoms with van der Waals surface area (Å²) in [6.07, 6.45) is 0.296. The summed E-state index contributed by atoms with van der Waals surface area (Å²) >= 11 is 3.42. The van der Waals surface area contributed by atoms with E-state index >= 15 is 0 Å². The summed E-state index contributed by atoms with van der Waals surface area (Å²) in [5.74, 6) is 1.19. The number of carbonyl (C=O) groups excluding carboxylic acids is 2. The lowest BCUT2D eigenvalue weighted by Gasteiger charge is -2.34. The van der Waals surface area contributed by atoms with E-state index in [1.807, 2.05) is 25.1 Å². The van der Waals surface area contributed by atoms with Gasteiger partial charge in [-0.05, 0) is 42.8 Å². The lowest BCUT2D eigenvalue weighted by molar-refractivity contribution is -0.141. The molecular weight excluding hydrogens is 452 g/mol. The number of benzene rings is 2. The molecule has 0 aromatic heterocycles. The van der Waals surface area contributed by atoms with E-state index in [-0.39, 0.29) is 24.2 Å². The molecule has 160 valence electrons. The molecule has 0 aliphatic carbocycles. The highest BCUT2D eigenvalue weighted by Crippen LogP contribution is 2.22. The van der Waals surface area contributed by atoms with Crippen molar-refractivity contribution in [1.29, 1.82) is 0 Å². The van der Waals surface area contributed by atoms with Crippen molar-refractivity contribution in [1.82, 2.24) is 9.80 Å². The number of hydrogen-bond acceptors (Lipinski definition) is 5. The van der Waals surface area contributed by atoms with Gasteiger partial charge in [-0.15, -0.1) is 0 Å². The zero-order chi connectivity index (χ0) is 21.5. The Balaban J connectivity index is 1.37. The number of rotatable bonds is 7. The summed E-state index contributed by atoms with van der Waals surface area (Å²) in [4.78, 5) is 28.2. The number of aromatic hydroxyl groups is 1. The van der Waals surface area contributed by atoms with Crippen LogP contribution in [-0.2, 0) is 9.59 Å². The fourth-order valence-electron chi connectivity index (χ4n) is 3.20. The molecule has 1 heterocycles. The summed E-state index contributed by atoms with van der Waals surface area (Å²) in [6.45, 7) is 4.11. The standard InChI is InChI=1S/C22H25BrN2O5/c1-16-13-17(23)5-6-20(16)29-12-7-21(27)24-8-10-25(11-9-24)22(28)15-30-19-4-2-3-18(26)14-19/h2-6,13-14,26H,7-12,15H2,1H3. The number of piperazine rings is 1. The molecule has 0 bridgehead atoms. The van der Waals surface area contributed by atoms with Gasteiger partial charge in [0.15, 0.2) is 6.61 Å². The maximum absolute atomic E-state index is 12.4. The molecule has 7 nitrogen and oxygen atoms in total. The average molecular weight is 477 g/mol. The SMILES string of the molecule is Cc1cc(Br)ccc1OCCC(=O)N1CCN(C(=O)COc2cccc(O)c2)CC1. The molecular formula is C22H25BrN2O5. The summed E-state index contributed by atoms with van der Waals surface area (Å²) in [6, 6.07) is 12.1. The Labute approximate surface area is 184 Å². The third-order valence-electron chi connectivity index (χ3n) is 4.88. The van der Waals surface area contributed by atoms with Crippen LogP contribution in [0.25, 0.3) is 0 Å². The van der Waals surface area contributed by atoms with Gasteiger partial charge < -0.3 is 24.4 Å². The molecule has 30 heavy (non-hydrogen) atoms. The van der Waals surface area contributed by atoms with Crippen LogP contribution in [0.3, 0.4) is 0 Å². The van der Waals surface area contributed by atoms with Crippen molar-refractivity contribution in [2.45, 2.75) is 13.3 Å². The van der Waals surface area contributed by atoms with Gasteiger partial charge in [-0.25, -0.2) is 0 Å². The molecule has 0 atom stereocenters. The van der Waals surface area contributed by atoms with E-state index in [0.717, 1.165) is 15.8 Å². The molecule has 2 aromatic rings. The first kappa shape index (κ1) is 22.0. The number of halogens is 1. The van der Waals surface area contributed by atoms with Gasteiger partial charge in [0.25, 0.3) is 5.91 Å². The van der Waals surface area contributed by atoms with Crippen molar-refractivity contribution in [3.8, 4) is 17.2 Å². The quantitative estimate of drug-likeness (QED) is 0.664. The molecule has 1 fully saturated rings. The minimum atomic E-state index is -0.139. The number of aryl methyl sites for hydroxylation is 1. The Hall–Kier alpha value is -2.74. The van der Waals surface area contributed by atoms with Gasteiger partial charge in [-0.3, -0.25) is 9.59 Å². The van der Waals surface area contributed by atoms with Crippen molar-refractivity contribution in [2.75, 3.05) is 39.4 Å². The van der Waals surface area contributed by atoms with Crippen LogP contribution < -0.4 is 9.47 Å². The molecule has 1 aliphatic heterocycles. The van der Waals surface area contributed by atoms with E-state index in [0.29, 0.717) is 45.0 Å². The molecule has 0 saturated carbocycles. The fraction of sp³-hybridized carbons (Fsp3) is 0.364. The number of ether oxygens (including phenoxy) is 2. The second-order valence-corrected chi connectivity index (χ2v) is 7.97. The van der Waals surface area contributed by atoms with Crippen molar-refractivity contribution < 1.29 is 24.2 Å². The molecule has 0 unspecified atom stereocenters. The monoisotopic (exact) mass is 476 g/mol. The van der Waals surface area contributed by atoms with Gasteiger partial charge in [0.2, 0.25) is 5.91 Å². The molecule has 2 aromatic carbocycles. The minimum absolute atomic E-state index is 0.0212. The molecule has 0 spiro atoms. The van der Waals surface area contributed by atoms with Crippen LogP contribution >= 0.6 is 15.9 Å². The maximum atomic E-state index is 12.4. The summed E-state index contributed by atoms with van der Waals surface area (Å²) in [5.41, 5.74) is 1.01. The van der Waals surface area contributed by atoms with E-state index in [1.165, 1.54) is 12.1 Å². The Morgan fingerprint density at radius 1 is 1.00 bits per heavy atom. The normalized spacial score (nSPS) is 13.8. The highest BCUT2D eigenvalue weighted by atomic mass is 79.9. The van der Waals surface area contributed by atoms with Crippen LogP contribution in [0, 0.1) is 6.92 Å². The van der Waals surface area contributed by atoms with Crippen molar-refractivity contribution in [2.24, 2.45) is 0 Å². The highest BCUT2D eigenvalue weighted by Gasteiger charge is 2.24. The molecule has 8 heteroatoms. The van der Waals surface area contributed by atoms with Gasteiger partial charge in [-0.1, -0.05) is 22.0 Å². The van der Waals surface area contributed by atoms with Crippen LogP contribution in [-0.4, -0.2) is 66.1 Å². The molecule has 2 amide bonds. The number of carbonyl (C=O) groups is 2. The van der Waals surface area contributed by atoms with Gasteiger partial charge in [0.1, 0.15) is 17.2 Å².